The number of benzene rings is 2. The zero-order valence-electron chi connectivity index (χ0n) is 15.6. The summed E-state index contributed by atoms with van der Waals surface area (Å²) in [4.78, 5) is 26.7. The van der Waals surface area contributed by atoms with E-state index in [1.165, 1.54) is 7.11 Å². The molecule has 2 aromatic rings. The highest BCUT2D eigenvalue weighted by Gasteiger charge is 2.28. The number of methoxy groups -OCH3 is 2. The summed E-state index contributed by atoms with van der Waals surface area (Å²) in [5, 5.41) is 5.40. The minimum atomic E-state index is -0.656. The van der Waals surface area contributed by atoms with Crippen molar-refractivity contribution in [2.75, 3.05) is 31.0 Å². The van der Waals surface area contributed by atoms with E-state index < -0.39 is 12.1 Å². The lowest BCUT2D eigenvalue weighted by atomic mass is 10.2. The molecule has 0 aromatic heterocycles. The van der Waals surface area contributed by atoms with Crippen LogP contribution in [0.3, 0.4) is 0 Å². The summed E-state index contributed by atoms with van der Waals surface area (Å²) in [5.74, 6) is 0.940. The van der Waals surface area contributed by atoms with Crippen LogP contribution in [0.15, 0.2) is 42.5 Å². The number of carbonyl (C=O) groups is 2. The molecule has 1 unspecified atom stereocenters. The summed E-state index contributed by atoms with van der Waals surface area (Å²) in [6.45, 7) is 2.30. The van der Waals surface area contributed by atoms with Gasteiger partial charge in [-0.05, 0) is 37.1 Å². The number of para-hydroxylation sites is 1. The molecule has 1 aliphatic rings. The number of rotatable bonds is 5. The first-order valence-electron chi connectivity index (χ1n) is 8.72. The first-order chi connectivity index (χ1) is 13.0. The van der Waals surface area contributed by atoms with Crippen LogP contribution in [-0.4, -0.2) is 38.7 Å². The molecule has 0 fully saturated rings. The van der Waals surface area contributed by atoms with Crippen molar-refractivity contribution in [2.45, 2.75) is 19.4 Å². The number of ether oxygens (including phenoxy) is 2. The Bertz CT molecular complexity index is 853. The van der Waals surface area contributed by atoms with E-state index >= 15 is 0 Å². The van der Waals surface area contributed by atoms with Crippen LogP contribution in [0.25, 0.3) is 0 Å². The van der Waals surface area contributed by atoms with Crippen molar-refractivity contribution in [1.82, 2.24) is 5.32 Å². The number of fused-ring (bicyclic) bond motifs is 1. The van der Waals surface area contributed by atoms with Crippen LogP contribution in [0.1, 0.15) is 12.5 Å². The van der Waals surface area contributed by atoms with E-state index in [2.05, 4.69) is 10.6 Å². The fraction of sp³-hybridized carbons (Fsp3) is 0.300. The maximum absolute atomic E-state index is 12.7. The fourth-order valence-electron chi connectivity index (χ4n) is 3.14. The molecular weight excluding hydrogens is 346 g/mol. The van der Waals surface area contributed by atoms with Gasteiger partial charge in [0.1, 0.15) is 6.04 Å². The van der Waals surface area contributed by atoms with Gasteiger partial charge >= 0.3 is 6.03 Å². The molecule has 0 spiro atoms. The third-order valence-corrected chi connectivity index (χ3v) is 4.51. The molecule has 1 aliphatic heterocycles. The average Bonchev–Trinajstić information content (AvgIpc) is 3.11. The normalized spacial score (nSPS) is 13.5. The van der Waals surface area contributed by atoms with Crippen LogP contribution in [0.2, 0.25) is 0 Å². The van der Waals surface area contributed by atoms with Gasteiger partial charge in [0, 0.05) is 24.0 Å². The van der Waals surface area contributed by atoms with Gasteiger partial charge in [-0.2, -0.15) is 0 Å². The SMILES string of the molecule is COc1ccc(NC(=O)NC(C)C(=O)N2CCc3ccccc32)cc1OC. The Morgan fingerprint density at radius 2 is 1.81 bits per heavy atom. The van der Waals surface area contributed by atoms with Crippen molar-refractivity contribution < 1.29 is 19.1 Å². The van der Waals surface area contributed by atoms with Gasteiger partial charge in [0.2, 0.25) is 5.91 Å². The molecule has 0 bridgehead atoms. The van der Waals surface area contributed by atoms with E-state index in [0.29, 0.717) is 23.7 Å². The predicted molar refractivity (Wildman–Crippen MR) is 104 cm³/mol. The van der Waals surface area contributed by atoms with E-state index in [4.69, 9.17) is 9.47 Å². The lowest BCUT2D eigenvalue weighted by molar-refractivity contribution is -0.119. The third kappa shape index (κ3) is 3.97. The maximum Gasteiger partial charge on any atom is 0.319 e. The Morgan fingerprint density at radius 3 is 2.56 bits per heavy atom. The van der Waals surface area contributed by atoms with Crippen LogP contribution in [0.5, 0.6) is 11.5 Å². The van der Waals surface area contributed by atoms with Crippen molar-refractivity contribution in [2.24, 2.45) is 0 Å². The lowest BCUT2D eigenvalue weighted by Crippen LogP contribution is -2.47. The molecule has 3 rings (SSSR count). The lowest BCUT2D eigenvalue weighted by Gasteiger charge is -2.22. The topological polar surface area (TPSA) is 79.9 Å². The highest BCUT2D eigenvalue weighted by Crippen LogP contribution is 2.30. The Hall–Kier alpha value is -3.22. The summed E-state index contributed by atoms with van der Waals surface area (Å²) < 4.78 is 10.4. The molecule has 1 heterocycles. The van der Waals surface area contributed by atoms with Gasteiger partial charge < -0.3 is 25.0 Å². The zero-order valence-corrected chi connectivity index (χ0v) is 15.6. The summed E-state index contributed by atoms with van der Waals surface area (Å²) in [7, 11) is 3.07. The van der Waals surface area contributed by atoms with Gasteiger partial charge in [0.05, 0.1) is 14.2 Å². The molecule has 2 N–H and O–H groups in total. The van der Waals surface area contributed by atoms with E-state index in [1.54, 1.807) is 37.1 Å². The maximum atomic E-state index is 12.7. The Labute approximate surface area is 158 Å². The van der Waals surface area contributed by atoms with Crippen LogP contribution < -0.4 is 25.0 Å². The highest BCUT2D eigenvalue weighted by molar-refractivity contribution is 6.01. The second-order valence-corrected chi connectivity index (χ2v) is 6.26. The van der Waals surface area contributed by atoms with Gasteiger partial charge in [-0.25, -0.2) is 4.79 Å². The minimum absolute atomic E-state index is 0.137. The van der Waals surface area contributed by atoms with E-state index in [0.717, 1.165) is 17.7 Å². The summed E-state index contributed by atoms with van der Waals surface area (Å²) in [5.41, 5.74) is 2.60. The number of amides is 3. The molecular formula is C20H23N3O4. The molecule has 0 aliphatic carbocycles. The van der Waals surface area contributed by atoms with Crippen LogP contribution in [0, 0.1) is 0 Å². The van der Waals surface area contributed by atoms with Crippen LogP contribution in [0.4, 0.5) is 16.2 Å². The van der Waals surface area contributed by atoms with Crippen molar-refractivity contribution in [1.29, 1.82) is 0 Å². The van der Waals surface area contributed by atoms with E-state index in [9.17, 15) is 9.59 Å². The molecule has 27 heavy (non-hydrogen) atoms. The van der Waals surface area contributed by atoms with Gasteiger partial charge in [-0.1, -0.05) is 18.2 Å². The van der Waals surface area contributed by atoms with Crippen LogP contribution >= 0.6 is 0 Å². The standard InChI is InChI=1S/C20H23N3O4/c1-13(19(24)23-11-10-14-6-4-5-7-16(14)23)21-20(25)22-15-8-9-17(26-2)18(12-15)27-3/h4-9,12-13H,10-11H2,1-3H3,(H2,21,22,25). The molecule has 3 amide bonds. The number of nitrogens with one attached hydrogen (secondary N) is 2. The van der Waals surface area contributed by atoms with Gasteiger partial charge in [-0.15, -0.1) is 0 Å². The Kier molecular flexibility index (Phi) is 5.49. The third-order valence-electron chi connectivity index (χ3n) is 4.51. The first kappa shape index (κ1) is 18.6. The van der Waals surface area contributed by atoms with Gasteiger partial charge in [-0.3, -0.25) is 4.79 Å². The fourth-order valence-corrected chi connectivity index (χ4v) is 3.14. The number of hydrogen-bond donors (Lipinski definition) is 2. The number of anilines is 2. The molecule has 2 aromatic carbocycles. The largest absolute Gasteiger partial charge is 0.493 e. The second kappa shape index (κ2) is 7.99. The highest BCUT2D eigenvalue weighted by atomic mass is 16.5. The van der Waals surface area contributed by atoms with Gasteiger partial charge in [0.15, 0.2) is 11.5 Å². The van der Waals surface area contributed by atoms with Crippen molar-refractivity contribution in [3.05, 3.63) is 48.0 Å². The molecule has 0 saturated carbocycles. The quantitative estimate of drug-likeness (QED) is 0.849. The summed E-state index contributed by atoms with van der Waals surface area (Å²) in [6, 6.07) is 11.8. The Morgan fingerprint density at radius 1 is 1.07 bits per heavy atom. The van der Waals surface area contributed by atoms with E-state index in [-0.39, 0.29) is 5.91 Å². The van der Waals surface area contributed by atoms with Crippen molar-refractivity contribution >= 4 is 23.3 Å². The smallest absolute Gasteiger partial charge is 0.319 e. The van der Waals surface area contributed by atoms with E-state index in [1.807, 2.05) is 24.3 Å². The summed E-state index contributed by atoms with van der Waals surface area (Å²) >= 11 is 0. The molecule has 0 radical (unpaired) electrons. The summed E-state index contributed by atoms with van der Waals surface area (Å²) in [6.07, 6.45) is 0.826. The van der Waals surface area contributed by atoms with Gasteiger partial charge in [0.25, 0.3) is 0 Å². The minimum Gasteiger partial charge on any atom is -0.493 e. The molecule has 142 valence electrons. The zero-order chi connectivity index (χ0) is 19.4. The number of nitrogens with zero attached hydrogens (tertiary/aromatic N) is 1. The molecule has 7 heteroatoms. The van der Waals surface area contributed by atoms with Crippen LogP contribution in [-0.2, 0) is 11.2 Å². The molecule has 7 nitrogen and oxygen atoms in total. The molecule has 0 saturated heterocycles. The average molecular weight is 369 g/mol. The number of urea groups is 1. The number of carbonyl (C=O) groups excluding carboxylic acids is 2. The Balaban J connectivity index is 1.62. The number of hydrogen-bond acceptors (Lipinski definition) is 4. The van der Waals surface area contributed by atoms with Crippen molar-refractivity contribution in [3.8, 4) is 11.5 Å². The predicted octanol–water partition coefficient (Wildman–Crippen LogP) is 2.80. The first-order valence-corrected chi connectivity index (χ1v) is 8.72. The second-order valence-electron chi connectivity index (χ2n) is 6.26. The van der Waals surface area contributed by atoms with Crippen molar-refractivity contribution in [3.63, 3.8) is 0 Å². The molecule has 1 atom stereocenters. The monoisotopic (exact) mass is 369 g/mol.